The topological polar surface area (TPSA) is 34.1 Å². The van der Waals surface area contributed by atoms with Crippen LogP contribution in [0.3, 0.4) is 0 Å². The van der Waals surface area contributed by atoms with Crippen molar-refractivity contribution in [1.82, 2.24) is 0 Å². The van der Waals surface area contributed by atoms with Crippen molar-refractivity contribution in [2.45, 2.75) is 56.6 Å². The second-order valence-corrected chi connectivity index (χ2v) is 10.7. The van der Waals surface area contributed by atoms with Gasteiger partial charge < -0.3 is 0 Å². The highest BCUT2D eigenvalue weighted by molar-refractivity contribution is 7.92. The van der Waals surface area contributed by atoms with Crippen molar-refractivity contribution in [2.75, 3.05) is 0 Å². The van der Waals surface area contributed by atoms with Gasteiger partial charge in [0.2, 0.25) is 0 Å². The molecule has 0 aliphatic heterocycles. The van der Waals surface area contributed by atoms with Crippen molar-refractivity contribution in [1.29, 1.82) is 0 Å². The van der Waals surface area contributed by atoms with Gasteiger partial charge in [0.05, 0.1) is 10.1 Å². The van der Waals surface area contributed by atoms with E-state index in [1.165, 1.54) is 12.8 Å². The van der Waals surface area contributed by atoms with Crippen molar-refractivity contribution >= 4 is 9.84 Å². The van der Waals surface area contributed by atoms with Crippen LogP contribution in [0.2, 0.25) is 0 Å². The van der Waals surface area contributed by atoms with Gasteiger partial charge in [-0.3, -0.25) is 0 Å². The molecule has 2 bridgehead atoms. The summed E-state index contributed by atoms with van der Waals surface area (Å²) in [6.45, 7) is 10.9. The van der Waals surface area contributed by atoms with Gasteiger partial charge in [-0.2, -0.15) is 0 Å². The Morgan fingerprint density at radius 2 is 1.92 bits per heavy atom. The zero-order chi connectivity index (χ0) is 17.5. The highest BCUT2D eigenvalue weighted by Gasteiger charge is 2.56. The summed E-state index contributed by atoms with van der Waals surface area (Å²) in [5.74, 6) is 2.66. The van der Waals surface area contributed by atoms with Crippen molar-refractivity contribution in [3.8, 4) is 0 Å². The molecule has 0 radical (unpaired) electrons. The number of fused-ring (bicyclic) bond motifs is 2. The predicted octanol–water partition coefficient (Wildman–Crippen LogP) is 5.11. The fraction of sp³-hybridized carbons (Fsp3) is 0.619. The van der Waals surface area contributed by atoms with Crippen LogP contribution in [0.1, 0.15) is 46.5 Å². The lowest BCUT2D eigenvalue weighted by atomic mass is 9.43. The molecule has 1 aromatic rings. The van der Waals surface area contributed by atoms with E-state index in [1.807, 2.05) is 6.07 Å². The van der Waals surface area contributed by atoms with Gasteiger partial charge in [0.25, 0.3) is 0 Å². The molecule has 0 saturated heterocycles. The van der Waals surface area contributed by atoms with Gasteiger partial charge in [-0.15, -0.1) is 6.58 Å². The van der Waals surface area contributed by atoms with Crippen molar-refractivity contribution in [3.63, 3.8) is 0 Å². The third-order valence-electron chi connectivity index (χ3n) is 7.02. The van der Waals surface area contributed by atoms with Gasteiger partial charge in [-0.25, -0.2) is 8.42 Å². The highest BCUT2D eigenvalue weighted by atomic mass is 32.2. The summed E-state index contributed by atoms with van der Waals surface area (Å²) in [6.07, 6.45) is 5.60. The normalized spacial score (nSPS) is 32.6. The molecule has 0 heterocycles. The lowest BCUT2D eigenvalue weighted by Crippen LogP contribution is -2.55. The maximum atomic E-state index is 13.1. The molecular weight excluding hydrogens is 316 g/mol. The molecule has 4 rings (SSSR count). The lowest BCUT2D eigenvalue weighted by Gasteiger charge is -2.62. The summed E-state index contributed by atoms with van der Waals surface area (Å²) < 4.78 is 26.1. The van der Waals surface area contributed by atoms with E-state index < -0.39 is 9.84 Å². The molecule has 0 spiro atoms. The summed E-state index contributed by atoms with van der Waals surface area (Å²) >= 11 is 0. The van der Waals surface area contributed by atoms with Crippen LogP contribution in [-0.4, -0.2) is 13.7 Å². The van der Waals surface area contributed by atoms with Crippen molar-refractivity contribution < 1.29 is 8.42 Å². The summed E-state index contributed by atoms with van der Waals surface area (Å²) in [4.78, 5) is 0.450. The number of hydrogen-bond acceptors (Lipinski definition) is 2. The number of hydrogen-bond donors (Lipinski definition) is 0. The van der Waals surface area contributed by atoms with Gasteiger partial charge in [0, 0.05) is 0 Å². The molecule has 3 heteroatoms. The first kappa shape index (κ1) is 17.7. The second-order valence-electron chi connectivity index (χ2n) is 8.46. The molecule has 3 fully saturated rings. The van der Waals surface area contributed by atoms with E-state index in [0.717, 1.165) is 18.3 Å². The number of benzene rings is 1. The largest absolute Gasteiger partial charge is 0.223 e. The van der Waals surface area contributed by atoms with E-state index in [2.05, 4.69) is 27.4 Å². The molecule has 5 atom stereocenters. The van der Waals surface area contributed by atoms with Crippen LogP contribution in [0.25, 0.3) is 0 Å². The lowest BCUT2D eigenvalue weighted by molar-refractivity contribution is -0.129. The van der Waals surface area contributed by atoms with E-state index in [4.69, 9.17) is 0 Å². The Kier molecular flexibility index (Phi) is 4.67. The number of rotatable bonds is 6. The standard InChI is InChI=1S/C21H30O2S/c1-5-9-19(24(22,23)18-10-7-6-8-11-18)13-16-12-17-14-20(15(16)2)21(17,3)4/h5-8,10-11,15-17,19-20H,1,9,12-14H2,2-4H3/t15-,16-,17+,19?,20+/m0/s1. The van der Waals surface area contributed by atoms with Crippen molar-refractivity contribution in [2.24, 2.45) is 29.1 Å². The van der Waals surface area contributed by atoms with Gasteiger partial charge >= 0.3 is 0 Å². The van der Waals surface area contributed by atoms with Gasteiger partial charge in [0.1, 0.15) is 0 Å². The van der Waals surface area contributed by atoms with E-state index in [1.54, 1.807) is 30.3 Å². The zero-order valence-electron chi connectivity index (χ0n) is 15.1. The van der Waals surface area contributed by atoms with Crippen LogP contribution in [0.15, 0.2) is 47.9 Å². The fourth-order valence-electron chi connectivity index (χ4n) is 5.24. The van der Waals surface area contributed by atoms with Crippen LogP contribution in [0, 0.1) is 29.1 Å². The summed E-state index contributed by atoms with van der Waals surface area (Å²) in [7, 11) is -3.29. The minimum absolute atomic E-state index is 0.342. The van der Waals surface area contributed by atoms with Crippen molar-refractivity contribution in [3.05, 3.63) is 43.0 Å². The number of sulfone groups is 1. The zero-order valence-corrected chi connectivity index (χ0v) is 15.9. The Bertz CT molecular complexity index is 690. The molecule has 0 N–H and O–H groups in total. The summed E-state index contributed by atoms with van der Waals surface area (Å²) in [5.41, 5.74) is 0.447. The minimum Gasteiger partial charge on any atom is -0.223 e. The first-order chi connectivity index (χ1) is 11.3. The SMILES string of the molecule is C=CCC(C[C@@H]1C[C@@H]2C[C@H]([C@H]1C)C2(C)C)S(=O)(=O)c1ccccc1. The Labute approximate surface area is 147 Å². The van der Waals surface area contributed by atoms with Crippen LogP contribution in [0.5, 0.6) is 0 Å². The summed E-state index contributed by atoms with van der Waals surface area (Å²) in [5, 5.41) is -0.342. The molecule has 0 amide bonds. The molecule has 1 aromatic carbocycles. The fourth-order valence-corrected chi connectivity index (χ4v) is 7.06. The molecule has 0 aromatic heterocycles. The molecule has 3 saturated carbocycles. The average Bonchev–Trinajstić information content (AvgIpc) is 2.56. The smallest absolute Gasteiger partial charge is 0.181 e. The Hall–Kier alpha value is -1.09. The third kappa shape index (κ3) is 2.85. The Balaban J connectivity index is 1.79. The maximum Gasteiger partial charge on any atom is 0.181 e. The predicted molar refractivity (Wildman–Crippen MR) is 99.5 cm³/mol. The van der Waals surface area contributed by atoms with Gasteiger partial charge in [0.15, 0.2) is 9.84 Å². The second kappa shape index (κ2) is 6.33. The van der Waals surface area contributed by atoms with E-state index >= 15 is 0 Å². The summed E-state index contributed by atoms with van der Waals surface area (Å²) in [6, 6.07) is 8.91. The van der Waals surface area contributed by atoms with E-state index in [9.17, 15) is 8.42 Å². The van der Waals surface area contributed by atoms with Gasteiger partial charge in [-0.1, -0.05) is 45.0 Å². The molecule has 3 aliphatic carbocycles. The maximum absolute atomic E-state index is 13.1. The third-order valence-corrected chi connectivity index (χ3v) is 9.21. The number of allylic oxidation sites excluding steroid dienone is 1. The van der Waals surface area contributed by atoms with Crippen LogP contribution >= 0.6 is 0 Å². The first-order valence-corrected chi connectivity index (χ1v) is 10.7. The average molecular weight is 347 g/mol. The molecule has 24 heavy (non-hydrogen) atoms. The minimum atomic E-state index is -3.29. The van der Waals surface area contributed by atoms with Crippen LogP contribution in [0.4, 0.5) is 0 Å². The van der Waals surface area contributed by atoms with E-state index in [0.29, 0.717) is 28.6 Å². The molecule has 132 valence electrons. The highest BCUT2D eigenvalue weighted by Crippen LogP contribution is 2.63. The Morgan fingerprint density at radius 1 is 1.25 bits per heavy atom. The molecule has 1 unspecified atom stereocenters. The van der Waals surface area contributed by atoms with E-state index in [-0.39, 0.29) is 5.25 Å². The molecule has 3 aliphatic rings. The van der Waals surface area contributed by atoms with Crippen LogP contribution < -0.4 is 0 Å². The quantitative estimate of drug-likeness (QED) is 0.671. The van der Waals surface area contributed by atoms with Crippen LogP contribution in [-0.2, 0) is 9.84 Å². The molecule has 2 nitrogen and oxygen atoms in total. The Morgan fingerprint density at radius 3 is 2.46 bits per heavy atom. The monoisotopic (exact) mass is 346 g/mol. The first-order valence-electron chi connectivity index (χ1n) is 9.18. The van der Waals surface area contributed by atoms with Gasteiger partial charge in [-0.05, 0) is 66.9 Å². The molecular formula is C21H30O2S.